The van der Waals surface area contributed by atoms with Crippen molar-refractivity contribution in [2.24, 2.45) is 0 Å². The summed E-state index contributed by atoms with van der Waals surface area (Å²) >= 11 is 0. The van der Waals surface area contributed by atoms with E-state index in [1.165, 1.54) is 0 Å². The van der Waals surface area contributed by atoms with E-state index in [1.54, 1.807) is 10.9 Å². The fourth-order valence-electron chi connectivity index (χ4n) is 1.52. The Bertz CT molecular complexity index is 374. The van der Waals surface area contributed by atoms with Crippen LogP contribution in [0.3, 0.4) is 0 Å². The zero-order valence-corrected chi connectivity index (χ0v) is 11.6. The molecule has 1 aromatic rings. The van der Waals surface area contributed by atoms with Crippen LogP contribution >= 0.6 is 0 Å². The van der Waals surface area contributed by atoms with Gasteiger partial charge in [-0.1, -0.05) is 0 Å². The number of ether oxygens (including phenoxy) is 1. The monoisotopic (exact) mass is 253 g/mol. The zero-order chi connectivity index (χ0) is 13.5. The number of nitrogens with one attached hydrogen (secondary N) is 1. The molecule has 0 aromatic carbocycles. The number of rotatable bonds is 7. The van der Waals surface area contributed by atoms with E-state index in [0.717, 1.165) is 12.0 Å². The van der Waals surface area contributed by atoms with E-state index >= 15 is 0 Å². The van der Waals surface area contributed by atoms with Crippen molar-refractivity contribution in [1.29, 1.82) is 0 Å². The first-order valence-corrected chi connectivity index (χ1v) is 6.40. The second-order valence-electron chi connectivity index (χ2n) is 4.74. The van der Waals surface area contributed by atoms with Crippen LogP contribution in [0.4, 0.5) is 0 Å². The summed E-state index contributed by atoms with van der Waals surface area (Å²) in [5.74, 6) is -0.0114. The SMILES string of the molecule is Cc1cnn(C(C)C(=O)NCCCOC(C)C)c1. The largest absolute Gasteiger partial charge is 0.379 e. The predicted octanol–water partition coefficient (Wildman–Crippen LogP) is 1.68. The number of hydrogen-bond donors (Lipinski definition) is 1. The molecule has 1 N–H and O–H groups in total. The highest BCUT2D eigenvalue weighted by Crippen LogP contribution is 2.05. The van der Waals surface area contributed by atoms with Gasteiger partial charge in [-0.2, -0.15) is 5.10 Å². The van der Waals surface area contributed by atoms with Gasteiger partial charge in [0.25, 0.3) is 0 Å². The van der Waals surface area contributed by atoms with Gasteiger partial charge in [0, 0.05) is 19.3 Å². The van der Waals surface area contributed by atoms with E-state index in [9.17, 15) is 4.79 Å². The summed E-state index contributed by atoms with van der Waals surface area (Å²) in [6, 6.07) is -0.273. The minimum atomic E-state index is -0.273. The second-order valence-corrected chi connectivity index (χ2v) is 4.74. The molecule has 0 spiro atoms. The van der Waals surface area contributed by atoms with Crippen molar-refractivity contribution >= 4 is 5.91 Å². The molecule has 0 saturated heterocycles. The molecule has 0 aliphatic rings. The predicted molar refractivity (Wildman–Crippen MR) is 70.4 cm³/mol. The Morgan fingerprint density at radius 2 is 2.22 bits per heavy atom. The van der Waals surface area contributed by atoms with E-state index in [0.29, 0.717) is 13.2 Å². The Morgan fingerprint density at radius 1 is 1.50 bits per heavy atom. The van der Waals surface area contributed by atoms with Gasteiger partial charge in [-0.25, -0.2) is 0 Å². The topological polar surface area (TPSA) is 56.2 Å². The quantitative estimate of drug-likeness (QED) is 0.752. The summed E-state index contributed by atoms with van der Waals surface area (Å²) in [5.41, 5.74) is 1.06. The smallest absolute Gasteiger partial charge is 0.244 e. The fraction of sp³-hybridized carbons (Fsp3) is 0.692. The van der Waals surface area contributed by atoms with Gasteiger partial charge in [0.2, 0.25) is 5.91 Å². The Balaban J connectivity index is 2.24. The molecule has 102 valence electrons. The van der Waals surface area contributed by atoms with Gasteiger partial charge < -0.3 is 10.1 Å². The Morgan fingerprint density at radius 3 is 2.78 bits per heavy atom. The van der Waals surface area contributed by atoms with Crippen LogP contribution in [-0.2, 0) is 9.53 Å². The number of carbonyl (C=O) groups excluding carboxylic acids is 1. The van der Waals surface area contributed by atoms with Crippen LogP contribution in [0.1, 0.15) is 38.8 Å². The van der Waals surface area contributed by atoms with Gasteiger partial charge >= 0.3 is 0 Å². The summed E-state index contributed by atoms with van der Waals surface area (Å²) in [5, 5.41) is 7.02. The molecule has 0 fully saturated rings. The van der Waals surface area contributed by atoms with Crippen molar-refractivity contribution in [3.8, 4) is 0 Å². The first kappa shape index (κ1) is 14.7. The van der Waals surface area contributed by atoms with Gasteiger partial charge in [-0.05, 0) is 39.7 Å². The number of aryl methyl sites for hydroxylation is 1. The summed E-state index contributed by atoms with van der Waals surface area (Å²) in [4.78, 5) is 11.8. The number of hydrogen-bond acceptors (Lipinski definition) is 3. The van der Waals surface area contributed by atoms with Crippen LogP contribution in [0.15, 0.2) is 12.4 Å². The first-order chi connectivity index (χ1) is 8.50. The lowest BCUT2D eigenvalue weighted by Crippen LogP contribution is -2.32. The lowest BCUT2D eigenvalue weighted by molar-refractivity contribution is -0.124. The third kappa shape index (κ3) is 4.87. The maximum absolute atomic E-state index is 11.8. The molecular formula is C13H23N3O2. The minimum Gasteiger partial charge on any atom is -0.379 e. The lowest BCUT2D eigenvalue weighted by atomic mass is 10.3. The molecule has 0 radical (unpaired) electrons. The lowest BCUT2D eigenvalue weighted by Gasteiger charge is -2.13. The van der Waals surface area contributed by atoms with E-state index in [1.807, 2.05) is 33.9 Å². The minimum absolute atomic E-state index is 0.0114. The average Bonchev–Trinajstić information content (AvgIpc) is 2.73. The maximum atomic E-state index is 11.8. The summed E-state index contributed by atoms with van der Waals surface area (Å²) in [6.07, 6.45) is 4.69. The second kappa shape index (κ2) is 7.16. The van der Waals surface area contributed by atoms with Gasteiger partial charge in [-0.3, -0.25) is 9.48 Å². The zero-order valence-electron chi connectivity index (χ0n) is 11.6. The molecule has 5 heteroatoms. The van der Waals surface area contributed by atoms with Crippen molar-refractivity contribution in [3.63, 3.8) is 0 Å². The van der Waals surface area contributed by atoms with Gasteiger partial charge in [-0.15, -0.1) is 0 Å². The molecule has 5 nitrogen and oxygen atoms in total. The standard InChI is InChI=1S/C13H23N3O2/c1-10(2)18-7-5-6-14-13(17)12(4)16-9-11(3)8-15-16/h8-10,12H,5-7H2,1-4H3,(H,14,17). The molecule has 1 amide bonds. The van der Waals surface area contributed by atoms with Gasteiger partial charge in [0.05, 0.1) is 12.3 Å². The summed E-state index contributed by atoms with van der Waals surface area (Å²) in [7, 11) is 0. The number of amides is 1. The molecule has 0 bridgehead atoms. The normalized spacial score (nSPS) is 12.7. The molecule has 1 unspecified atom stereocenters. The molecule has 1 atom stereocenters. The van der Waals surface area contributed by atoms with Gasteiger partial charge in [0.15, 0.2) is 0 Å². The molecule has 0 aliphatic carbocycles. The molecule has 1 heterocycles. The Kier molecular flexibility index (Phi) is 5.85. The van der Waals surface area contributed by atoms with Crippen LogP contribution < -0.4 is 5.32 Å². The third-order valence-corrected chi connectivity index (χ3v) is 2.58. The molecule has 1 aromatic heterocycles. The van der Waals surface area contributed by atoms with Crippen LogP contribution in [-0.4, -0.2) is 34.9 Å². The molecular weight excluding hydrogens is 230 g/mol. The van der Waals surface area contributed by atoms with Crippen LogP contribution in [0.5, 0.6) is 0 Å². The Hall–Kier alpha value is -1.36. The van der Waals surface area contributed by atoms with Crippen LogP contribution in [0.2, 0.25) is 0 Å². The van der Waals surface area contributed by atoms with E-state index in [4.69, 9.17) is 4.74 Å². The molecule has 18 heavy (non-hydrogen) atoms. The average molecular weight is 253 g/mol. The third-order valence-electron chi connectivity index (χ3n) is 2.58. The first-order valence-electron chi connectivity index (χ1n) is 6.40. The highest BCUT2D eigenvalue weighted by atomic mass is 16.5. The summed E-state index contributed by atoms with van der Waals surface area (Å²) in [6.45, 7) is 9.11. The van der Waals surface area contributed by atoms with Crippen LogP contribution in [0, 0.1) is 6.92 Å². The van der Waals surface area contributed by atoms with E-state index < -0.39 is 0 Å². The van der Waals surface area contributed by atoms with Gasteiger partial charge in [0.1, 0.15) is 6.04 Å². The molecule has 0 saturated carbocycles. The highest BCUT2D eigenvalue weighted by Gasteiger charge is 2.14. The van der Waals surface area contributed by atoms with Crippen molar-refractivity contribution in [2.45, 2.75) is 46.3 Å². The molecule has 0 aliphatic heterocycles. The van der Waals surface area contributed by atoms with Crippen molar-refractivity contribution < 1.29 is 9.53 Å². The fourth-order valence-corrected chi connectivity index (χ4v) is 1.52. The van der Waals surface area contributed by atoms with Crippen molar-refractivity contribution in [2.75, 3.05) is 13.2 Å². The number of aromatic nitrogens is 2. The van der Waals surface area contributed by atoms with Crippen LogP contribution in [0.25, 0.3) is 0 Å². The van der Waals surface area contributed by atoms with E-state index in [-0.39, 0.29) is 18.1 Å². The highest BCUT2D eigenvalue weighted by molar-refractivity contribution is 5.79. The van der Waals surface area contributed by atoms with Crippen molar-refractivity contribution in [1.82, 2.24) is 15.1 Å². The van der Waals surface area contributed by atoms with Crippen molar-refractivity contribution in [3.05, 3.63) is 18.0 Å². The maximum Gasteiger partial charge on any atom is 0.244 e. The number of carbonyl (C=O) groups is 1. The number of nitrogens with zero attached hydrogens (tertiary/aromatic N) is 2. The molecule has 1 rings (SSSR count). The Labute approximate surface area is 109 Å². The summed E-state index contributed by atoms with van der Waals surface area (Å²) < 4.78 is 7.08. The van der Waals surface area contributed by atoms with E-state index in [2.05, 4.69) is 10.4 Å².